The molecule has 4 fully saturated rings. The molecule has 0 bridgehead atoms. The average Bonchev–Trinajstić information content (AvgIpc) is 2.99. The summed E-state index contributed by atoms with van der Waals surface area (Å²) in [6.07, 6.45) is 12.6. The lowest BCUT2D eigenvalue weighted by molar-refractivity contribution is -0.123. The largest absolute Gasteiger partial charge is 0.486 e. The molecule has 1 aliphatic carbocycles. The standard InChI is InChI=1S/C19H35N3O.C13H14N2O4/c1-21-11-7-16(8-12-21)17-9-13-22(14-10-17)15-19(23)20-18-5-3-2-4-6-18;1-9-2-3-10(19-7-6-16)8-11(9)15-5-4-12(17)14-13(15)18/h16-18H,2-15H2,1H3,(H,20,23);2-3,6,8H,4-5,7H2,1H3,(H,14,17,18). The number of nitrogens with zero attached hydrogens (tertiary/aromatic N) is 3. The Morgan fingerprint density at radius 3 is 2.29 bits per heavy atom. The molecule has 1 aromatic carbocycles. The fourth-order valence-corrected chi connectivity index (χ4v) is 6.70. The van der Waals surface area contributed by atoms with Gasteiger partial charge < -0.3 is 15.0 Å². The van der Waals surface area contributed by atoms with Crippen molar-refractivity contribution in [3.8, 4) is 5.75 Å². The molecule has 0 radical (unpaired) electrons. The molecule has 42 heavy (non-hydrogen) atoms. The number of carbonyl (C=O) groups excluding carboxylic acids is 4. The van der Waals surface area contributed by atoms with E-state index in [1.807, 2.05) is 6.92 Å². The number of rotatable bonds is 8. The fourth-order valence-electron chi connectivity index (χ4n) is 6.70. The van der Waals surface area contributed by atoms with Crippen molar-refractivity contribution in [1.82, 2.24) is 20.4 Å². The predicted molar refractivity (Wildman–Crippen MR) is 163 cm³/mol. The number of anilines is 1. The minimum absolute atomic E-state index is 0.0345. The number of amides is 4. The van der Waals surface area contributed by atoms with Crippen LogP contribution in [-0.4, -0.2) is 92.9 Å². The monoisotopic (exact) mass is 583 g/mol. The number of aryl methyl sites for hydroxylation is 1. The van der Waals surface area contributed by atoms with Gasteiger partial charge in [-0.05, 0) is 102 Å². The van der Waals surface area contributed by atoms with Gasteiger partial charge in [-0.15, -0.1) is 0 Å². The van der Waals surface area contributed by atoms with Crippen molar-refractivity contribution < 1.29 is 23.9 Å². The fraction of sp³-hybridized carbons (Fsp3) is 0.688. The van der Waals surface area contributed by atoms with Gasteiger partial charge in [-0.2, -0.15) is 0 Å². The molecule has 4 amide bonds. The molecule has 1 aromatic rings. The second-order valence-corrected chi connectivity index (χ2v) is 12.3. The third kappa shape index (κ3) is 9.52. The lowest BCUT2D eigenvalue weighted by atomic mass is 9.79. The van der Waals surface area contributed by atoms with Crippen LogP contribution in [0.2, 0.25) is 0 Å². The first-order valence-corrected chi connectivity index (χ1v) is 15.8. The number of hydrogen-bond donors (Lipinski definition) is 2. The van der Waals surface area contributed by atoms with E-state index in [9.17, 15) is 19.2 Å². The number of nitrogens with one attached hydrogen (secondary N) is 2. The molecule has 1 saturated carbocycles. The van der Waals surface area contributed by atoms with Gasteiger partial charge in [-0.1, -0.05) is 25.3 Å². The molecule has 5 rings (SSSR count). The van der Waals surface area contributed by atoms with Gasteiger partial charge >= 0.3 is 6.03 Å². The van der Waals surface area contributed by atoms with Gasteiger partial charge in [0.15, 0.2) is 6.29 Å². The highest BCUT2D eigenvalue weighted by Crippen LogP contribution is 2.32. The third-order valence-electron chi connectivity index (χ3n) is 9.24. The Balaban J connectivity index is 0.000000197. The van der Waals surface area contributed by atoms with Crippen molar-refractivity contribution in [2.75, 3.05) is 57.8 Å². The van der Waals surface area contributed by atoms with Crippen molar-refractivity contribution in [3.63, 3.8) is 0 Å². The second-order valence-electron chi connectivity index (χ2n) is 12.3. The van der Waals surface area contributed by atoms with E-state index in [-0.39, 0.29) is 24.8 Å². The van der Waals surface area contributed by atoms with Gasteiger partial charge in [0.1, 0.15) is 12.4 Å². The lowest BCUT2D eigenvalue weighted by Crippen LogP contribution is -2.49. The van der Waals surface area contributed by atoms with Crippen molar-refractivity contribution in [1.29, 1.82) is 0 Å². The van der Waals surface area contributed by atoms with Crippen molar-refractivity contribution in [3.05, 3.63) is 23.8 Å². The van der Waals surface area contributed by atoms with Gasteiger partial charge in [0.25, 0.3) is 0 Å². The second kappa shape index (κ2) is 16.0. The summed E-state index contributed by atoms with van der Waals surface area (Å²) in [7, 11) is 2.24. The van der Waals surface area contributed by atoms with Crippen LogP contribution in [0.1, 0.15) is 69.8 Å². The Morgan fingerprint density at radius 1 is 0.976 bits per heavy atom. The van der Waals surface area contributed by atoms with E-state index in [4.69, 9.17) is 4.74 Å². The first kappa shape index (κ1) is 31.9. The molecule has 3 aliphatic heterocycles. The van der Waals surface area contributed by atoms with E-state index in [2.05, 4.69) is 27.5 Å². The zero-order chi connectivity index (χ0) is 29.9. The van der Waals surface area contributed by atoms with E-state index in [1.54, 1.807) is 18.2 Å². The molecular formula is C32H49N5O5. The van der Waals surface area contributed by atoms with Crippen LogP contribution >= 0.6 is 0 Å². The van der Waals surface area contributed by atoms with Crippen LogP contribution in [0.4, 0.5) is 10.5 Å². The van der Waals surface area contributed by atoms with E-state index >= 15 is 0 Å². The summed E-state index contributed by atoms with van der Waals surface area (Å²) in [5, 5.41) is 5.53. The van der Waals surface area contributed by atoms with Crippen LogP contribution in [0.5, 0.6) is 5.75 Å². The van der Waals surface area contributed by atoms with Crippen molar-refractivity contribution in [2.24, 2.45) is 11.8 Å². The summed E-state index contributed by atoms with van der Waals surface area (Å²) in [4.78, 5) is 51.8. The highest BCUT2D eigenvalue weighted by Gasteiger charge is 2.30. The van der Waals surface area contributed by atoms with Gasteiger partial charge in [-0.3, -0.25) is 29.5 Å². The number of carbonyl (C=O) groups is 4. The van der Waals surface area contributed by atoms with Crippen molar-refractivity contribution in [2.45, 2.75) is 77.2 Å². The number of hydrogen-bond acceptors (Lipinski definition) is 7. The molecule has 0 spiro atoms. The smallest absolute Gasteiger partial charge is 0.328 e. The van der Waals surface area contributed by atoms with Crippen LogP contribution < -0.4 is 20.3 Å². The van der Waals surface area contributed by atoms with E-state index in [0.717, 1.165) is 30.5 Å². The Kier molecular flexibility index (Phi) is 12.2. The number of imide groups is 1. The maximum absolute atomic E-state index is 12.2. The highest BCUT2D eigenvalue weighted by molar-refractivity contribution is 6.06. The SMILES string of the molecule is CN1CCC(C2CCN(CC(=O)NC3CCCCC3)CC2)CC1.Cc1ccc(OCC=O)cc1N1CCC(=O)NC1=O. The van der Waals surface area contributed by atoms with E-state index in [1.165, 1.54) is 75.8 Å². The summed E-state index contributed by atoms with van der Waals surface area (Å²) in [5.41, 5.74) is 1.57. The Labute approximate surface area is 250 Å². The Bertz CT molecular complexity index is 1060. The predicted octanol–water partition coefficient (Wildman–Crippen LogP) is 3.51. The average molecular weight is 584 g/mol. The van der Waals surface area contributed by atoms with E-state index in [0.29, 0.717) is 36.9 Å². The number of aldehydes is 1. The quantitative estimate of drug-likeness (QED) is 0.451. The Morgan fingerprint density at radius 2 is 1.64 bits per heavy atom. The zero-order valence-electron chi connectivity index (χ0n) is 25.4. The molecule has 232 valence electrons. The zero-order valence-corrected chi connectivity index (χ0v) is 25.4. The van der Waals surface area contributed by atoms with E-state index < -0.39 is 6.03 Å². The molecule has 0 aromatic heterocycles. The lowest BCUT2D eigenvalue weighted by Gasteiger charge is -2.39. The summed E-state index contributed by atoms with van der Waals surface area (Å²) in [6, 6.07) is 5.24. The third-order valence-corrected chi connectivity index (χ3v) is 9.24. The molecule has 10 heteroatoms. The highest BCUT2D eigenvalue weighted by atomic mass is 16.5. The molecule has 0 atom stereocenters. The van der Waals surface area contributed by atoms with Crippen LogP contribution in [-0.2, 0) is 14.4 Å². The molecule has 4 aliphatic rings. The maximum atomic E-state index is 12.2. The number of ether oxygens (including phenoxy) is 1. The Hall–Kier alpha value is -2.98. The summed E-state index contributed by atoms with van der Waals surface area (Å²) >= 11 is 0. The molecule has 0 unspecified atom stereocenters. The van der Waals surface area contributed by atoms with Crippen LogP contribution in [0.25, 0.3) is 0 Å². The molecule has 2 N–H and O–H groups in total. The topological polar surface area (TPSA) is 111 Å². The van der Waals surface area contributed by atoms with Gasteiger partial charge in [0.05, 0.1) is 12.2 Å². The summed E-state index contributed by atoms with van der Waals surface area (Å²) in [6.45, 7) is 7.57. The first-order chi connectivity index (χ1) is 20.3. The van der Waals surface area contributed by atoms with Crippen LogP contribution in [0, 0.1) is 18.8 Å². The van der Waals surface area contributed by atoms with Gasteiger partial charge in [-0.25, -0.2) is 4.79 Å². The molecule has 10 nitrogen and oxygen atoms in total. The molecule has 3 saturated heterocycles. The van der Waals surface area contributed by atoms with Gasteiger partial charge in [0.2, 0.25) is 11.8 Å². The number of likely N-dealkylation sites (tertiary alicyclic amines) is 2. The van der Waals surface area contributed by atoms with Crippen LogP contribution in [0.3, 0.4) is 0 Å². The summed E-state index contributed by atoms with van der Waals surface area (Å²) in [5.74, 6) is 2.34. The first-order valence-electron chi connectivity index (χ1n) is 15.8. The van der Waals surface area contributed by atoms with Crippen LogP contribution in [0.15, 0.2) is 18.2 Å². The summed E-state index contributed by atoms with van der Waals surface area (Å²) < 4.78 is 5.20. The van der Waals surface area contributed by atoms with Crippen molar-refractivity contribution >= 4 is 29.8 Å². The molecular weight excluding hydrogens is 534 g/mol. The maximum Gasteiger partial charge on any atom is 0.328 e. The normalized spacial score (nSPS) is 21.7. The molecule has 3 heterocycles. The minimum atomic E-state index is -0.438. The number of benzene rings is 1. The number of urea groups is 1. The minimum Gasteiger partial charge on any atom is -0.486 e. The number of piperidine rings is 2. The van der Waals surface area contributed by atoms with Gasteiger partial charge in [0, 0.05) is 25.1 Å².